The molecule has 2 aromatic carbocycles. The average Bonchev–Trinajstić information content (AvgIpc) is 3.02. The first-order valence-electron chi connectivity index (χ1n) is 7.20. The van der Waals surface area contributed by atoms with Crippen LogP contribution in [0.25, 0.3) is 11.4 Å². The number of carbonyl (C=O) groups excluding carboxylic acids is 1. The second-order valence-corrected chi connectivity index (χ2v) is 5.01. The minimum atomic E-state index is -0.339. The molecule has 3 aromatic rings. The molecule has 2 amide bonds. The summed E-state index contributed by atoms with van der Waals surface area (Å²) in [5.74, 6) is 1.35. The smallest absolute Gasteiger partial charge is 0.323 e. The fourth-order valence-corrected chi connectivity index (χ4v) is 2.18. The van der Waals surface area contributed by atoms with Crippen molar-refractivity contribution in [2.24, 2.45) is 7.05 Å². The van der Waals surface area contributed by atoms with E-state index in [1.54, 1.807) is 55.2 Å². The summed E-state index contributed by atoms with van der Waals surface area (Å²) >= 11 is 0. The highest BCUT2D eigenvalue weighted by Crippen LogP contribution is 2.20. The van der Waals surface area contributed by atoms with Crippen LogP contribution in [0.1, 0.15) is 0 Å². The van der Waals surface area contributed by atoms with Crippen molar-refractivity contribution in [3.63, 3.8) is 0 Å². The fraction of sp³-hybridized carbons (Fsp3) is 0.125. The maximum absolute atomic E-state index is 12.1. The molecule has 0 spiro atoms. The van der Waals surface area contributed by atoms with Crippen molar-refractivity contribution in [1.82, 2.24) is 20.2 Å². The molecule has 8 nitrogen and oxygen atoms in total. The monoisotopic (exact) mass is 324 g/mol. The summed E-state index contributed by atoms with van der Waals surface area (Å²) in [6.45, 7) is 0. The highest BCUT2D eigenvalue weighted by atomic mass is 16.5. The third-order valence-electron chi connectivity index (χ3n) is 3.35. The van der Waals surface area contributed by atoms with Crippen LogP contribution < -0.4 is 15.4 Å². The number of amides is 2. The van der Waals surface area contributed by atoms with Gasteiger partial charge in [0, 0.05) is 24.0 Å². The van der Waals surface area contributed by atoms with Crippen molar-refractivity contribution in [3.8, 4) is 17.1 Å². The van der Waals surface area contributed by atoms with E-state index in [0.717, 1.165) is 11.3 Å². The minimum absolute atomic E-state index is 0.339. The number of hydrogen-bond acceptors (Lipinski definition) is 5. The summed E-state index contributed by atoms with van der Waals surface area (Å²) in [4.78, 5) is 12.1. The number of carbonyl (C=O) groups is 1. The molecule has 122 valence electrons. The zero-order chi connectivity index (χ0) is 16.9. The Labute approximate surface area is 138 Å². The Kier molecular flexibility index (Phi) is 4.37. The van der Waals surface area contributed by atoms with Gasteiger partial charge in [0.25, 0.3) is 0 Å². The van der Waals surface area contributed by atoms with Crippen LogP contribution in [0.5, 0.6) is 5.75 Å². The van der Waals surface area contributed by atoms with Crippen LogP contribution in [0, 0.1) is 0 Å². The number of aryl methyl sites for hydroxylation is 1. The van der Waals surface area contributed by atoms with Crippen molar-refractivity contribution in [3.05, 3.63) is 48.5 Å². The Morgan fingerprint density at radius 2 is 1.83 bits per heavy atom. The molecule has 0 atom stereocenters. The number of nitrogens with one attached hydrogen (secondary N) is 2. The molecule has 2 N–H and O–H groups in total. The standard InChI is InChI=1S/C16H16N6O2/c1-22-15(19-20-21-22)11-4-3-5-13(10-11)18-16(23)17-12-6-8-14(24-2)9-7-12/h3-10H,1-2H3,(H2,17,18,23). The second-order valence-electron chi connectivity index (χ2n) is 5.01. The van der Waals surface area contributed by atoms with Crippen LogP contribution in [-0.2, 0) is 7.05 Å². The van der Waals surface area contributed by atoms with Crippen LogP contribution in [0.4, 0.5) is 16.2 Å². The number of nitrogens with zero attached hydrogens (tertiary/aromatic N) is 4. The highest BCUT2D eigenvalue weighted by Gasteiger charge is 2.08. The first kappa shape index (κ1) is 15.5. The molecular formula is C16H16N6O2. The van der Waals surface area contributed by atoms with Crippen molar-refractivity contribution in [2.45, 2.75) is 0 Å². The van der Waals surface area contributed by atoms with E-state index in [2.05, 4.69) is 26.2 Å². The summed E-state index contributed by atoms with van der Waals surface area (Å²) in [7, 11) is 3.35. The molecule has 0 saturated heterocycles. The lowest BCUT2D eigenvalue weighted by Gasteiger charge is -2.09. The first-order valence-corrected chi connectivity index (χ1v) is 7.20. The van der Waals surface area contributed by atoms with Gasteiger partial charge in [-0.15, -0.1) is 5.10 Å². The number of hydrogen-bond donors (Lipinski definition) is 2. The van der Waals surface area contributed by atoms with Crippen LogP contribution in [0.2, 0.25) is 0 Å². The number of urea groups is 1. The van der Waals surface area contributed by atoms with Gasteiger partial charge >= 0.3 is 6.03 Å². The van der Waals surface area contributed by atoms with E-state index in [1.807, 2.05) is 12.1 Å². The van der Waals surface area contributed by atoms with Crippen LogP contribution in [0.15, 0.2) is 48.5 Å². The average molecular weight is 324 g/mol. The summed E-state index contributed by atoms with van der Waals surface area (Å²) in [6, 6.07) is 14.0. The number of tetrazole rings is 1. The minimum Gasteiger partial charge on any atom is -0.497 e. The summed E-state index contributed by atoms with van der Waals surface area (Å²) in [6.07, 6.45) is 0. The largest absolute Gasteiger partial charge is 0.497 e. The molecule has 0 radical (unpaired) electrons. The van der Waals surface area contributed by atoms with Gasteiger partial charge in [0.15, 0.2) is 5.82 Å². The Hall–Kier alpha value is -3.42. The summed E-state index contributed by atoms with van der Waals surface area (Å²) < 4.78 is 6.65. The van der Waals surface area contributed by atoms with Gasteiger partial charge in [-0.05, 0) is 46.8 Å². The third-order valence-corrected chi connectivity index (χ3v) is 3.35. The quantitative estimate of drug-likeness (QED) is 0.769. The lowest BCUT2D eigenvalue weighted by Crippen LogP contribution is -2.19. The van der Waals surface area contributed by atoms with Crippen molar-refractivity contribution >= 4 is 17.4 Å². The van der Waals surface area contributed by atoms with E-state index >= 15 is 0 Å². The van der Waals surface area contributed by atoms with Crippen LogP contribution in [0.3, 0.4) is 0 Å². The molecule has 0 aliphatic heterocycles. The van der Waals surface area contributed by atoms with Crippen molar-refractivity contribution in [1.29, 1.82) is 0 Å². The van der Waals surface area contributed by atoms with Crippen molar-refractivity contribution in [2.75, 3.05) is 17.7 Å². The number of aromatic nitrogens is 4. The first-order chi connectivity index (χ1) is 11.7. The molecule has 3 rings (SSSR count). The molecule has 0 bridgehead atoms. The molecule has 0 aliphatic carbocycles. The Morgan fingerprint density at radius 3 is 2.50 bits per heavy atom. The van der Waals surface area contributed by atoms with Crippen molar-refractivity contribution < 1.29 is 9.53 Å². The predicted molar refractivity (Wildman–Crippen MR) is 89.9 cm³/mol. The zero-order valence-electron chi connectivity index (χ0n) is 13.2. The number of benzene rings is 2. The van der Waals surface area contributed by atoms with E-state index in [1.165, 1.54) is 0 Å². The van der Waals surface area contributed by atoms with Crippen LogP contribution in [-0.4, -0.2) is 33.3 Å². The lowest BCUT2D eigenvalue weighted by molar-refractivity contribution is 0.262. The normalized spacial score (nSPS) is 10.2. The SMILES string of the molecule is COc1ccc(NC(=O)Nc2cccc(-c3nnnn3C)c2)cc1. The van der Waals surface area contributed by atoms with Gasteiger partial charge in [-0.3, -0.25) is 0 Å². The van der Waals surface area contributed by atoms with E-state index < -0.39 is 0 Å². The molecule has 0 saturated carbocycles. The maximum atomic E-state index is 12.1. The van der Waals surface area contributed by atoms with Gasteiger partial charge in [0.1, 0.15) is 5.75 Å². The Balaban J connectivity index is 1.69. The number of anilines is 2. The van der Waals surface area contributed by atoms with Gasteiger partial charge in [0.05, 0.1) is 7.11 Å². The predicted octanol–water partition coefficient (Wildman–Crippen LogP) is 2.53. The van der Waals surface area contributed by atoms with E-state index in [4.69, 9.17) is 4.74 Å². The second kappa shape index (κ2) is 6.78. The third kappa shape index (κ3) is 3.49. The van der Waals surface area contributed by atoms with E-state index in [9.17, 15) is 4.79 Å². The maximum Gasteiger partial charge on any atom is 0.323 e. The molecule has 0 fully saturated rings. The van der Waals surface area contributed by atoms with Gasteiger partial charge in [0.2, 0.25) is 0 Å². The summed E-state index contributed by atoms with van der Waals surface area (Å²) in [5, 5.41) is 16.9. The molecule has 0 aliphatic rings. The molecule has 0 unspecified atom stereocenters. The Bertz CT molecular complexity index is 844. The highest BCUT2D eigenvalue weighted by molar-refractivity contribution is 6.00. The number of ether oxygens (including phenoxy) is 1. The summed E-state index contributed by atoms with van der Waals surface area (Å²) in [5.41, 5.74) is 2.12. The molecule has 24 heavy (non-hydrogen) atoms. The number of rotatable bonds is 4. The topological polar surface area (TPSA) is 94.0 Å². The zero-order valence-corrected chi connectivity index (χ0v) is 13.2. The van der Waals surface area contributed by atoms with E-state index in [-0.39, 0.29) is 6.03 Å². The van der Waals surface area contributed by atoms with Crippen LogP contribution >= 0.6 is 0 Å². The molecule has 8 heteroatoms. The van der Waals surface area contributed by atoms with Gasteiger partial charge in [-0.2, -0.15) is 0 Å². The molecular weight excluding hydrogens is 308 g/mol. The number of methoxy groups -OCH3 is 1. The molecule has 1 heterocycles. The van der Waals surface area contributed by atoms with Gasteiger partial charge in [-0.1, -0.05) is 12.1 Å². The fourth-order valence-electron chi connectivity index (χ4n) is 2.18. The van der Waals surface area contributed by atoms with Gasteiger partial charge in [-0.25, -0.2) is 9.48 Å². The van der Waals surface area contributed by atoms with E-state index in [0.29, 0.717) is 17.2 Å². The van der Waals surface area contributed by atoms with Gasteiger partial charge < -0.3 is 15.4 Å². The molecule has 1 aromatic heterocycles. The Morgan fingerprint density at radius 1 is 1.08 bits per heavy atom. The lowest BCUT2D eigenvalue weighted by atomic mass is 10.2.